The summed E-state index contributed by atoms with van der Waals surface area (Å²) >= 11 is 0. The Bertz CT molecular complexity index is 1850. The van der Waals surface area contributed by atoms with Crippen molar-refractivity contribution in [3.63, 3.8) is 0 Å². The highest BCUT2D eigenvalue weighted by Gasteiger charge is 2.22. The third-order valence-electron chi connectivity index (χ3n) is 7.44. The van der Waals surface area contributed by atoms with Gasteiger partial charge in [0.25, 0.3) is 5.56 Å². The Hall–Kier alpha value is -4.65. The molecule has 0 N–H and O–H groups in total. The summed E-state index contributed by atoms with van der Waals surface area (Å²) in [6.45, 7) is 2.40. The van der Waals surface area contributed by atoms with Crippen LogP contribution in [0.25, 0.3) is 44.8 Å². The lowest BCUT2D eigenvalue weighted by Crippen LogP contribution is -2.25. The van der Waals surface area contributed by atoms with Crippen molar-refractivity contribution in [3.8, 4) is 33.8 Å². The number of aromatic nitrogens is 6. The molecule has 0 saturated heterocycles. The maximum atomic E-state index is 13.4. The molecule has 0 bridgehead atoms. The average molecular weight is 503 g/mol. The molecular formula is C31H30N6O. The van der Waals surface area contributed by atoms with E-state index in [0.29, 0.717) is 29.8 Å². The van der Waals surface area contributed by atoms with E-state index in [-0.39, 0.29) is 5.56 Å². The van der Waals surface area contributed by atoms with Gasteiger partial charge in [-0.1, -0.05) is 12.1 Å². The lowest BCUT2D eigenvalue weighted by molar-refractivity contribution is 0.637. The van der Waals surface area contributed by atoms with Gasteiger partial charge >= 0.3 is 0 Å². The lowest BCUT2D eigenvalue weighted by Gasteiger charge is -2.21. The van der Waals surface area contributed by atoms with Crippen molar-refractivity contribution in [2.75, 3.05) is 0 Å². The normalized spacial score (nSPS) is 11.5. The van der Waals surface area contributed by atoms with Gasteiger partial charge in [0, 0.05) is 86.2 Å². The molecule has 190 valence electrons. The van der Waals surface area contributed by atoms with Crippen molar-refractivity contribution in [2.24, 2.45) is 21.1 Å². The smallest absolute Gasteiger partial charge is 0.263 e. The van der Waals surface area contributed by atoms with Crippen molar-refractivity contribution in [1.82, 2.24) is 28.2 Å². The molecule has 1 aromatic carbocycles. The van der Waals surface area contributed by atoms with E-state index in [0.717, 1.165) is 17.1 Å². The van der Waals surface area contributed by atoms with E-state index in [9.17, 15) is 4.79 Å². The summed E-state index contributed by atoms with van der Waals surface area (Å²) < 4.78 is 8.27. The number of fused-ring (bicyclic) bond motifs is 1. The highest BCUT2D eigenvalue weighted by molar-refractivity contribution is 5.94. The predicted molar refractivity (Wildman–Crippen MR) is 152 cm³/mol. The molecule has 0 aliphatic rings. The number of benzene rings is 1. The molecule has 0 fully saturated rings. The Morgan fingerprint density at radius 2 is 1.37 bits per heavy atom. The SMILES string of the molecule is Cc1nc2ncccc2c(=O)n1CCc1ccc(-c2cccn2C)c(-c2cccn2C)c1-c1cccn1C. The van der Waals surface area contributed by atoms with Crippen LogP contribution >= 0.6 is 0 Å². The molecule has 7 heteroatoms. The van der Waals surface area contributed by atoms with Crippen molar-refractivity contribution in [3.05, 3.63) is 107 Å². The van der Waals surface area contributed by atoms with Crippen LogP contribution in [0.15, 0.2) is 90.2 Å². The van der Waals surface area contributed by atoms with Crippen molar-refractivity contribution in [2.45, 2.75) is 19.9 Å². The molecule has 0 unspecified atom stereocenters. The summed E-state index contributed by atoms with van der Waals surface area (Å²) in [4.78, 5) is 22.2. The first-order chi connectivity index (χ1) is 18.4. The van der Waals surface area contributed by atoms with Crippen LogP contribution < -0.4 is 5.56 Å². The zero-order chi connectivity index (χ0) is 26.4. The van der Waals surface area contributed by atoms with Crippen LogP contribution in [0, 0.1) is 6.92 Å². The number of nitrogens with zero attached hydrogens (tertiary/aromatic N) is 6. The van der Waals surface area contributed by atoms with Gasteiger partial charge in [-0.15, -0.1) is 0 Å². The Morgan fingerprint density at radius 3 is 2.00 bits per heavy atom. The topological polar surface area (TPSA) is 62.6 Å². The van der Waals surface area contributed by atoms with E-state index in [2.05, 4.69) is 112 Å². The van der Waals surface area contributed by atoms with E-state index < -0.39 is 0 Å². The van der Waals surface area contributed by atoms with Gasteiger partial charge in [-0.2, -0.15) is 0 Å². The molecule has 0 amide bonds. The minimum atomic E-state index is -0.0518. The quantitative estimate of drug-likeness (QED) is 0.308. The fourth-order valence-electron chi connectivity index (χ4n) is 5.46. The fraction of sp³-hybridized carbons (Fsp3) is 0.194. The zero-order valence-electron chi connectivity index (χ0n) is 22.1. The Balaban J connectivity index is 1.56. The van der Waals surface area contributed by atoms with Crippen molar-refractivity contribution >= 4 is 11.0 Å². The van der Waals surface area contributed by atoms with Crippen molar-refractivity contribution in [1.29, 1.82) is 0 Å². The largest absolute Gasteiger partial charge is 0.351 e. The maximum absolute atomic E-state index is 13.4. The summed E-state index contributed by atoms with van der Waals surface area (Å²) in [5.74, 6) is 0.671. The first-order valence-electron chi connectivity index (χ1n) is 12.8. The highest BCUT2D eigenvalue weighted by Crippen LogP contribution is 2.42. The molecule has 5 aromatic heterocycles. The van der Waals surface area contributed by atoms with E-state index in [4.69, 9.17) is 0 Å². The van der Waals surface area contributed by atoms with E-state index in [1.807, 2.05) is 6.92 Å². The van der Waals surface area contributed by atoms with Gasteiger partial charge in [0.15, 0.2) is 5.65 Å². The van der Waals surface area contributed by atoms with Crippen LogP contribution in [0.4, 0.5) is 0 Å². The van der Waals surface area contributed by atoms with Gasteiger partial charge in [0.1, 0.15) is 5.82 Å². The van der Waals surface area contributed by atoms with Gasteiger partial charge in [-0.05, 0) is 67.4 Å². The molecule has 5 heterocycles. The lowest BCUT2D eigenvalue weighted by atomic mass is 9.88. The molecule has 0 atom stereocenters. The summed E-state index contributed by atoms with van der Waals surface area (Å²) in [7, 11) is 6.25. The molecule has 6 aromatic rings. The summed E-state index contributed by atoms with van der Waals surface area (Å²) in [6, 6.07) is 20.8. The molecule has 0 spiro atoms. The van der Waals surface area contributed by atoms with Crippen LogP contribution in [0.1, 0.15) is 11.4 Å². The van der Waals surface area contributed by atoms with Crippen molar-refractivity contribution < 1.29 is 0 Å². The van der Waals surface area contributed by atoms with Gasteiger partial charge in [-0.25, -0.2) is 9.97 Å². The van der Waals surface area contributed by atoms with E-state index in [1.54, 1.807) is 22.9 Å². The second-order valence-electron chi connectivity index (χ2n) is 9.78. The van der Waals surface area contributed by atoms with Gasteiger partial charge < -0.3 is 13.7 Å². The second kappa shape index (κ2) is 9.34. The van der Waals surface area contributed by atoms with Crippen LogP contribution in [0.5, 0.6) is 0 Å². The predicted octanol–water partition coefficient (Wildman–Crippen LogP) is 5.36. The summed E-state index contributed by atoms with van der Waals surface area (Å²) in [5.41, 5.74) is 8.59. The van der Waals surface area contributed by atoms with Gasteiger partial charge in [0.2, 0.25) is 0 Å². The molecule has 0 aliphatic heterocycles. The first kappa shape index (κ1) is 23.7. The van der Waals surface area contributed by atoms with E-state index in [1.165, 1.54) is 22.3 Å². The molecule has 6 rings (SSSR count). The van der Waals surface area contributed by atoms with Gasteiger partial charge in [-0.3, -0.25) is 9.36 Å². The molecular weight excluding hydrogens is 472 g/mol. The van der Waals surface area contributed by atoms with Gasteiger partial charge in [0.05, 0.1) is 5.39 Å². The van der Waals surface area contributed by atoms with Crippen LogP contribution in [0.3, 0.4) is 0 Å². The maximum Gasteiger partial charge on any atom is 0.263 e. The van der Waals surface area contributed by atoms with Crippen LogP contribution in [-0.2, 0) is 34.1 Å². The Morgan fingerprint density at radius 1 is 0.737 bits per heavy atom. The second-order valence-corrected chi connectivity index (χ2v) is 9.78. The third kappa shape index (κ3) is 3.87. The zero-order valence-corrected chi connectivity index (χ0v) is 22.1. The third-order valence-corrected chi connectivity index (χ3v) is 7.44. The number of hydrogen-bond acceptors (Lipinski definition) is 3. The molecule has 0 saturated carbocycles. The van der Waals surface area contributed by atoms with Crippen LogP contribution in [-0.4, -0.2) is 28.2 Å². The van der Waals surface area contributed by atoms with E-state index >= 15 is 0 Å². The number of hydrogen-bond donors (Lipinski definition) is 0. The molecule has 0 aliphatic carbocycles. The minimum absolute atomic E-state index is 0.0518. The number of rotatable bonds is 6. The first-order valence-corrected chi connectivity index (χ1v) is 12.8. The number of pyridine rings is 1. The molecule has 38 heavy (non-hydrogen) atoms. The fourth-order valence-corrected chi connectivity index (χ4v) is 5.46. The summed E-state index contributed by atoms with van der Waals surface area (Å²) in [5, 5.41) is 0.546. The average Bonchev–Trinajstić information content (AvgIpc) is 3.64. The Labute approximate surface area is 221 Å². The monoisotopic (exact) mass is 502 g/mol. The molecule has 7 nitrogen and oxygen atoms in total. The Kier molecular flexibility index (Phi) is 5.83. The minimum Gasteiger partial charge on any atom is -0.351 e. The van der Waals surface area contributed by atoms with Crippen LogP contribution in [0.2, 0.25) is 0 Å². The molecule has 0 radical (unpaired) electrons. The number of aryl methyl sites for hydroxylation is 5. The highest BCUT2D eigenvalue weighted by atomic mass is 16.1. The standard InChI is InChI=1S/C31H30N6O/c1-21-33-30-24(9-5-16-32-30)31(38)37(21)20-15-22-13-14-23(25-10-6-17-34(25)2)29(27-12-8-19-36(27)4)28(22)26-11-7-18-35(26)3/h5-14,16-19H,15,20H2,1-4H3. The summed E-state index contributed by atoms with van der Waals surface area (Å²) in [6.07, 6.45) is 8.60.